The number of fused-ring (bicyclic) bond motifs is 3. The molecule has 3 aromatic rings. The maximum absolute atomic E-state index is 13.7. The van der Waals surface area contributed by atoms with Crippen molar-refractivity contribution in [1.82, 2.24) is 16.0 Å². The van der Waals surface area contributed by atoms with Crippen LogP contribution >= 0.6 is 0 Å². The highest BCUT2D eigenvalue weighted by molar-refractivity contribution is 5.79. The quantitative estimate of drug-likeness (QED) is 0.102. The first-order valence-corrected chi connectivity index (χ1v) is 17.1. The van der Waals surface area contributed by atoms with Crippen LogP contribution in [0.25, 0.3) is 11.1 Å². The number of carbonyl (C=O) groups is 3. The number of rotatable bonds is 14. The number of hydrogen-bond donors (Lipinski definition) is 3. The summed E-state index contributed by atoms with van der Waals surface area (Å²) in [5.41, 5.74) is 3.36. The molecular weight excluding hydrogens is 622 g/mol. The number of benzene rings is 3. The third-order valence-corrected chi connectivity index (χ3v) is 8.85. The molecule has 0 spiro atoms. The van der Waals surface area contributed by atoms with Gasteiger partial charge in [0.2, 0.25) is 0 Å². The zero-order valence-electron chi connectivity index (χ0n) is 29.2. The maximum Gasteiger partial charge on any atom is 0.407 e. The lowest BCUT2D eigenvalue weighted by Gasteiger charge is -2.44. The minimum atomic E-state index is -0.862. The van der Waals surface area contributed by atoms with Gasteiger partial charge in [-0.3, -0.25) is 10.1 Å². The SMILES string of the molecule is CC(C)(C)OC(=O)NCCCC[C@H](NC1(CNC(=O)OCC2c3ccccc3-c3ccccc32)COC1)C(=O)OC(C)(C)c1ccccc1. The molecule has 10 heteroatoms. The molecule has 1 aliphatic carbocycles. The van der Waals surface area contributed by atoms with Crippen LogP contribution in [-0.4, -0.2) is 68.2 Å². The van der Waals surface area contributed by atoms with Crippen molar-refractivity contribution < 1.29 is 33.3 Å². The molecule has 1 saturated heterocycles. The van der Waals surface area contributed by atoms with Crippen LogP contribution in [0.5, 0.6) is 0 Å². The van der Waals surface area contributed by atoms with E-state index in [0.29, 0.717) is 39.0 Å². The average molecular weight is 672 g/mol. The second-order valence-corrected chi connectivity index (χ2v) is 14.4. The Labute approximate surface area is 289 Å². The Kier molecular flexibility index (Phi) is 11.3. The van der Waals surface area contributed by atoms with Crippen LogP contribution in [0.2, 0.25) is 0 Å². The van der Waals surface area contributed by atoms with Crippen LogP contribution in [-0.2, 0) is 29.3 Å². The van der Waals surface area contributed by atoms with Gasteiger partial charge in [-0.2, -0.15) is 0 Å². The predicted octanol–water partition coefficient (Wildman–Crippen LogP) is 6.43. The molecule has 10 nitrogen and oxygen atoms in total. The second-order valence-electron chi connectivity index (χ2n) is 14.4. The average Bonchev–Trinajstić information content (AvgIpc) is 3.36. The van der Waals surface area contributed by atoms with Crippen LogP contribution in [0.3, 0.4) is 0 Å². The van der Waals surface area contributed by atoms with Gasteiger partial charge in [0.25, 0.3) is 0 Å². The number of amides is 2. The molecule has 2 aliphatic rings. The van der Waals surface area contributed by atoms with Gasteiger partial charge in [0.05, 0.1) is 18.8 Å². The van der Waals surface area contributed by atoms with E-state index in [2.05, 4.69) is 40.2 Å². The van der Waals surface area contributed by atoms with Crippen LogP contribution in [0, 0.1) is 0 Å². The fourth-order valence-corrected chi connectivity index (χ4v) is 6.29. The summed E-state index contributed by atoms with van der Waals surface area (Å²) in [6.45, 7) is 10.6. The van der Waals surface area contributed by atoms with Gasteiger partial charge in [-0.15, -0.1) is 0 Å². The van der Waals surface area contributed by atoms with E-state index in [1.165, 1.54) is 0 Å². The molecule has 0 bridgehead atoms. The highest BCUT2D eigenvalue weighted by Crippen LogP contribution is 2.44. The Bertz CT molecular complexity index is 1550. The highest BCUT2D eigenvalue weighted by Gasteiger charge is 2.43. The summed E-state index contributed by atoms with van der Waals surface area (Å²) in [6.07, 6.45) is 0.703. The number of nitrogens with one attached hydrogen (secondary N) is 3. The predicted molar refractivity (Wildman–Crippen MR) is 187 cm³/mol. The largest absolute Gasteiger partial charge is 0.454 e. The number of carbonyl (C=O) groups excluding carboxylic acids is 3. The fourth-order valence-electron chi connectivity index (χ4n) is 6.29. The molecule has 1 atom stereocenters. The molecule has 0 saturated carbocycles. The Morgan fingerprint density at radius 2 is 1.41 bits per heavy atom. The van der Waals surface area contributed by atoms with Crippen LogP contribution < -0.4 is 16.0 Å². The molecule has 1 fully saturated rings. The monoisotopic (exact) mass is 671 g/mol. The van der Waals surface area contributed by atoms with Crippen molar-refractivity contribution in [1.29, 1.82) is 0 Å². The molecule has 2 amide bonds. The van der Waals surface area contributed by atoms with Crippen molar-refractivity contribution in [2.24, 2.45) is 0 Å². The summed E-state index contributed by atoms with van der Waals surface area (Å²) >= 11 is 0. The number of hydrogen-bond acceptors (Lipinski definition) is 8. The Morgan fingerprint density at radius 3 is 2.00 bits per heavy atom. The van der Waals surface area contributed by atoms with Crippen LogP contribution in [0.15, 0.2) is 78.9 Å². The minimum absolute atomic E-state index is 0.0470. The van der Waals surface area contributed by atoms with E-state index < -0.39 is 40.9 Å². The van der Waals surface area contributed by atoms with Gasteiger partial charge in [-0.05, 0) is 81.7 Å². The summed E-state index contributed by atoms with van der Waals surface area (Å²) in [4.78, 5) is 38.8. The molecule has 0 radical (unpaired) electrons. The fraction of sp³-hybridized carbons (Fsp3) is 0.462. The molecule has 1 aliphatic heterocycles. The Hall–Kier alpha value is -4.41. The summed E-state index contributed by atoms with van der Waals surface area (Å²) in [5.74, 6) is -0.449. The van der Waals surface area contributed by atoms with Gasteiger partial charge >= 0.3 is 18.2 Å². The minimum Gasteiger partial charge on any atom is -0.454 e. The van der Waals surface area contributed by atoms with E-state index in [1.54, 1.807) is 0 Å². The summed E-state index contributed by atoms with van der Waals surface area (Å²) in [6, 6.07) is 25.3. The molecule has 0 unspecified atom stereocenters. The van der Waals surface area contributed by atoms with Crippen molar-refractivity contribution in [3.05, 3.63) is 95.6 Å². The number of unbranched alkanes of at least 4 members (excludes halogenated alkanes) is 1. The van der Waals surface area contributed by atoms with Crippen molar-refractivity contribution in [2.75, 3.05) is 32.9 Å². The van der Waals surface area contributed by atoms with Gasteiger partial charge in [-0.1, -0.05) is 78.9 Å². The van der Waals surface area contributed by atoms with E-state index in [1.807, 2.05) is 89.2 Å². The van der Waals surface area contributed by atoms with Crippen LogP contribution in [0.1, 0.15) is 76.5 Å². The molecule has 1 heterocycles. The van der Waals surface area contributed by atoms with E-state index in [0.717, 1.165) is 27.8 Å². The maximum atomic E-state index is 13.7. The van der Waals surface area contributed by atoms with Gasteiger partial charge in [0, 0.05) is 19.0 Å². The normalized spacial score (nSPS) is 15.6. The highest BCUT2D eigenvalue weighted by atomic mass is 16.6. The van der Waals surface area contributed by atoms with Gasteiger partial charge in [0.1, 0.15) is 23.9 Å². The summed E-state index contributed by atoms with van der Waals surface area (Å²) in [5, 5.41) is 9.14. The lowest BCUT2D eigenvalue weighted by atomic mass is 9.94. The van der Waals surface area contributed by atoms with E-state index in [4.69, 9.17) is 18.9 Å². The summed E-state index contributed by atoms with van der Waals surface area (Å²) < 4.78 is 22.7. The second kappa shape index (κ2) is 15.4. The number of esters is 1. The third-order valence-electron chi connectivity index (χ3n) is 8.85. The molecule has 3 N–H and O–H groups in total. The molecule has 49 heavy (non-hydrogen) atoms. The lowest BCUT2D eigenvalue weighted by molar-refractivity contribution is -0.163. The van der Waals surface area contributed by atoms with Gasteiger partial charge in [0.15, 0.2) is 0 Å². The zero-order valence-corrected chi connectivity index (χ0v) is 29.2. The number of ether oxygens (including phenoxy) is 4. The first-order valence-electron chi connectivity index (χ1n) is 17.1. The molecule has 3 aromatic carbocycles. The molecule has 0 aromatic heterocycles. The molecular formula is C39H49N3O7. The van der Waals surface area contributed by atoms with Crippen molar-refractivity contribution in [3.63, 3.8) is 0 Å². The Balaban J connectivity index is 1.18. The lowest BCUT2D eigenvalue weighted by Crippen LogP contribution is -2.69. The van der Waals surface area contributed by atoms with Gasteiger partial charge < -0.3 is 29.6 Å². The third kappa shape index (κ3) is 9.39. The summed E-state index contributed by atoms with van der Waals surface area (Å²) in [7, 11) is 0. The first kappa shape index (κ1) is 35.9. The van der Waals surface area contributed by atoms with Crippen LogP contribution in [0.4, 0.5) is 9.59 Å². The Morgan fingerprint density at radius 1 is 0.796 bits per heavy atom. The first-order chi connectivity index (χ1) is 23.4. The van der Waals surface area contributed by atoms with E-state index in [9.17, 15) is 14.4 Å². The number of alkyl carbamates (subject to hydrolysis) is 2. The topological polar surface area (TPSA) is 124 Å². The molecule has 262 valence electrons. The van der Waals surface area contributed by atoms with Crippen molar-refractivity contribution in [3.8, 4) is 11.1 Å². The molecule has 5 rings (SSSR count). The van der Waals surface area contributed by atoms with E-state index >= 15 is 0 Å². The van der Waals surface area contributed by atoms with E-state index in [-0.39, 0.29) is 19.1 Å². The smallest absolute Gasteiger partial charge is 0.407 e. The van der Waals surface area contributed by atoms with Crippen molar-refractivity contribution >= 4 is 18.2 Å². The van der Waals surface area contributed by atoms with Gasteiger partial charge in [-0.25, -0.2) is 9.59 Å². The zero-order chi connectivity index (χ0) is 35.1. The van der Waals surface area contributed by atoms with Crippen molar-refractivity contribution in [2.45, 2.75) is 82.6 Å². The standard InChI is InChI=1S/C39H49N3O7/c1-37(2,3)49-36(45)40-22-14-13-21-33(34(43)48-38(4,5)27-15-7-6-8-16-27)42-39(25-46-26-39)24-41-35(44)47-23-32-30-19-11-9-17-28(30)29-18-10-12-20-31(29)32/h6-12,15-20,32-33,42H,13-14,21-26H2,1-5H3,(H,40,45)(H,41,44)/t33-/m0/s1.